The maximum Gasteiger partial charge on any atom is 0.233 e. The van der Waals surface area contributed by atoms with Gasteiger partial charge in [0, 0.05) is 29.9 Å². The number of aromatic nitrogens is 2. The molecule has 1 heterocycles. The average Bonchev–Trinajstić information content (AvgIpc) is 3.04. The van der Waals surface area contributed by atoms with E-state index in [0.29, 0.717) is 10.6 Å². The van der Waals surface area contributed by atoms with E-state index in [4.69, 9.17) is 11.6 Å². The van der Waals surface area contributed by atoms with Gasteiger partial charge in [0.2, 0.25) is 5.91 Å². The van der Waals surface area contributed by atoms with Gasteiger partial charge >= 0.3 is 0 Å². The van der Waals surface area contributed by atoms with Crippen LogP contribution >= 0.6 is 46.5 Å². The molecule has 0 unspecified atom stereocenters. The van der Waals surface area contributed by atoms with Crippen molar-refractivity contribution in [2.24, 2.45) is 0 Å². The van der Waals surface area contributed by atoms with Crippen LogP contribution in [0, 0.1) is 5.82 Å². The van der Waals surface area contributed by atoms with Crippen LogP contribution in [0.5, 0.6) is 0 Å². The summed E-state index contributed by atoms with van der Waals surface area (Å²) in [6, 6.07) is 4.50. The Bertz CT molecular complexity index is 693. The van der Waals surface area contributed by atoms with Crippen molar-refractivity contribution in [2.45, 2.75) is 35.0 Å². The fourth-order valence-electron chi connectivity index (χ4n) is 1.86. The molecule has 0 radical (unpaired) electrons. The first-order valence-corrected chi connectivity index (χ1v) is 10.9. The molecule has 1 aromatic heterocycles. The molecule has 9 heteroatoms. The molecular formula is C16H19ClFN3OS3. The van der Waals surface area contributed by atoms with E-state index in [1.807, 2.05) is 0 Å². The molecule has 0 aliphatic heterocycles. The molecule has 0 bridgehead atoms. The zero-order chi connectivity index (χ0) is 18.2. The first kappa shape index (κ1) is 20.5. The lowest BCUT2D eigenvalue weighted by Gasteiger charge is -2.18. The predicted octanol–water partition coefficient (Wildman–Crippen LogP) is 4.97. The Kier molecular flexibility index (Phi) is 8.48. The monoisotopic (exact) mass is 419 g/mol. The first-order valence-electron chi connectivity index (χ1n) is 7.77. The van der Waals surface area contributed by atoms with Crippen LogP contribution in [0.1, 0.15) is 25.3 Å². The van der Waals surface area contributed by atoms with Crippen molar-refractivity contribution in [1.82, 2.24) is 15.1 Å². The number of carbonyl (C=O) groups is 1. The highest BCUT2D eigenvalue weighted by Gasteiger charge is 2.15. The zero-order valence-electron chi connectivity index (χ0n) is 14.0. The van der Waals surface area contributed by atoms with Crippen molar-refractivity contribution >= 4 is 52.4 Å². The first-order chi connectivity index (χ1) is 12.0. The van der Waals surface area contributed by atoms with E-state index in [1.165, 1.54) is 34.1 Å². The lowest BCUT2D eigenvalue weighted by molar-refractivity contribution is -0.127. The van der Waals surface area contributed by atoms with Crippen LogP contribution in [-0.2, 0) is 11.3 Å². The van der Waals surface area contributed by atoms with Crippen LogP contribution in [0.2, 0.25) is 5.02 Å². The molecule has 0 spiro atoms. The van der Waals surface area contributed by atoms with E-state index < -0.39 is 5.82 Å². The van der Waals surface area contributed by atoms with Gasteiger partial charge in [-0.2, -0.15) is 0 Å². The van der Waals surface area contributed by atoms with Crippen molar-refractivity contribution in [3.05, 3.63) is 34.6 Å². The fourth-order valence-corrected chi connectivity index (χ4v) is 5.20. The van der Waals surface area contributed by atoms with Gasteiger partial charge in [0.05, 0.1) is 5.75 Å². The van der Waals surface area contributed by atoms with Crippen LogP contribution < -0.4 is 0 Å². The third-order valence-corrected chi connectivity index (χ3v) is 6.93. The number of halogens is 2. The molecule has 0 aliphatic rings. The van der Waals surface area contributed by atoms with Gasteiger partial charge in [0.15, 0.2) is 8.68 Å². The van der Waals surface area contributed by atoms with E-state index in [2.05, 4.69) is 17.1 Å². The standard InChI is InChI=1S/C16H19ClFN3OS3/c1-3-4-8-23-15-19-20-16(25-15)24-10-14(22)21(2)9-11-12(17)6-5-7-13(11)18/h5-7H,3-4,8-10H2,1-2H3. The van der Waals surface area contributed by atoms with Gasteiger partial charge in [-0.15, -0.1) is 10.2 Å². The number of hydrogen-bond donors (Lipinski definition) is 0. The number of nitrogens with zero attached hydrogens (tertiary/aromatic N) is 3. The molecule has 0 atom stereocenters. The Labute approximate surface area is 164 Å². The molecule has 0 saturated carbocycles. The summed E-state index contributed by atoms with van der Waals surface area (Å²) in [5.74, 6) is 0.745. The van der Waals surface area contributed by atoms with Crippen LogP contribution in [-0.4, -0.2) is 39.6 Å². The fraction of sp³-hybridized carbons (Fsp3) is 0.438. The molecule has 4 nitrogen and oxygen atoms in total. The van der Waals surface area contributed by atoms with Gasteiger partial charge in [0.25, 0.3) is 0 Å². The van der Waals surface area contributed by atoms with E-state index in [1.54, 1.807) is 30.9 Å². The van der Waals surface area contributed by atoms with Gasteiger partial charge in [-0.1, -0.05) is 65.9 Å². The van der Waals surface area contributed by atoms with E-state index in [0.717, 1.165) is 27.3 Å². The van der Waals surface area contributed by atoms with Crippen LogP contribution in [0.4, 0.5) is 4.39 Å². The minimum atomic E-state index is -0.405. The summed E-state index contributed by atoms with van der Waals surface area (Å²) in [6.45, 7) is 2.29. The summed E-state index contributed by atoms with van der Waals surface area (Å²) >= 11 is 10.5. The van der Waals surface area contributed by atoms with Gasteiger partial charge in [-0.05, 0) is 18.6 Å². The van der Waals surface area contributed by atoms with Gasteiger partial charge in [-0.3, -0.25) is 4.79 Å². The van der Waals surface area contributed by atoms with Crippen molar-refractivity contribution in [3.63, 3.8) is 0 Å². The predicted molar refractivity (Wildman–Crippen MR) is 104 cm³/mol. The summed E-state index contributed by atoms with van der Waals surface area (Å²) in [5, 5.41) is 8.54. The molecule has 2 rings (SSSR count). The Balaban J connectivity index is 1.83. The van der Waals surface area contributed by atoms with Crippen molar-refractivity contribution in [1.29, 1.82) is 0 Å². The summed E-state index contributed by atoms with van der Waals surface area (Å²) in [5.41, 5.74) is 0.329. The van der Waals surface area contributed by atoms with E-state index in [-0.39, 0.29) is 18.2 Å². The molecule has 0 fully saturated rings. The third-order valence-electron chi connectivity index (χ3n) is 3.31. The van der Waals surface area contributed by atoms with E-state index in [9.17, 15) is 9.18 Å². The largest absolute Gasteiger partial charge is 0.341 e. The second kappa shape index (κ2) is 10.4. The van der Waals surface area contributed by atoms with Gasteiger partial charge in [-0.25, -0.2) is 4.39 Å². The second-order valence-electron chi connectivity index (χ2n) is 5.27. The number of hydrogen-bond acceptors (Lipinski definition) is 6. The second-order valence-corrected chi connectivity index (χ2v) is 9.22. The third kappa shape index (κ3) is 6.44. The SMILES string of the molecule is CCCCSc1nnc(SCC(=O)N(C)Cc2c(F)cccc2Cl)s1. The van der Waals surface area contributed by atoms with Crippen LogP contribution in [0.15, 0.2) is 26.9 Å². The smallest absolute Gasteiger partial charge is 0.233 e. The summed E-state index contributed by atoms with van der Waals surface area (Å²) < 4.78 is 15.5. The van der Waals surface area contributed by atoms with Crippen molar-refractivity contribution in [2.75, 3.05) is 18.6 Å². The Morgan fingerprint density at radius 3 is 2.72 bits per heavy atom. The highest BCUT2D eigenvalue weighted by atomic mass is 35.5. The number of rotatable bonds is 9. The number of carbonyl (C=O) groups excluding carboxylic acids is 1. The normalized spacial score (nSPS) is 10.9. The highest BCUT2D eigenvalue weighted by Crippen LogP contribution is 2.29. The van der Waals surface area contributed by atoms with Gasteiger partial charge in [0.1, 0.15) is 5.82 Å². The number of thioether (sulfide) groups is 2. The average molecular weight is 420 g/mol. The molecular weight excluding hydrogens is 401 g/mol. The quantitative estimate of drug-likeness (QED) is 0.424. The molecule has 0 N–H and O–H groups in total. The maximum atomic E-state index is 13.8. The summed E-state index contributed by atoms with van der Waals surface area (Å²) in [4.78, 5) is 13.7. The minimum absolute atomic E-state index is 0.111. The molecule has 1 amide bonds. The number of amides is 1. The van der Waals surface area contributed by atoms with Crippen molar-refractivity contribution in [3.8, 4) is 0 Å². The summed E-state index contributed by atoms with van der Waals surface area (Å²) in [6.07, 6.45) is 2.30. The lowest BCUT2D eigenvalue weighted by Crippen LogP contribution is -2.28. The Hall–Kier alpha value is -0.830. The highest BCUT2D eigenvalue weighted by molar-refractivity contribution is 8.03. The molecule has 2 aromatic rings. The lowest BCUT2D eigenvalue weighted by atomic mass is 10.2. The van der Waals surface area contributed by atoms with Gasteiger partial charge < -0.3 is 4.90 Å². The maximum absolute atomic E-state index is 13.8. The minimum Gasteiger partial charge on any atom is -0.341 e. The Morgan fingerprint density at radius 2 is 2.04 bits per heavy atom. The molecule has 25 heavy (non-hydrogen) atoms. The molecule has 1 aromatic carbocycles. The number of unbranched alkanes of at least 4 members (excludes halogenated alkanes) is 1. The van der Waals surface area contributed by atoms with E-state index >= 15 is 0 Å². The molecule has 0 aliphatic carbocycles. The van der Waals surface area contributed by atoms with Crippen LogP contribution in [0.3, 0.4) is 0 Å². The topological polar surface area (TPSA) is 46.1 Å². The number of benzene rings is 1. The zero-order valence-corrected chi connectivity index (χ0v) is 17.2. The molecule has 0 saturated heterocycles. The Morgan fingerprint density at radius 1 is 1.32 bits per heavy atom. The summed E-state index contributed by atoms with van der Waals surface area (Å²) in [7, 11) is 1.64. The van der Waals surface area contributed by atoms with Crippen LogP contribution in [0.25, 0.3) is 0 Å². The van der Waals surface area contributed by atoms with Crippen molar-refractivity contribution < 1.29 is 9.18 Å². The molecule has 136 valence electrons.